The number of esters is 1. The molecule has 1 atom stereocenters. The molecule has 3 aromatic carbocycles. The lowest BCUT2D eigenvalue weighted by Gasteiger charge is -2.08. The highest BCUT2D eigenvalue weighted by atomic mass is 16.5. The summed E-state index contributed by atoms with van der Waals surface area (Å²) in [6, 6.07) is 27.3. The normalized spacial score (nSPS) is 14.7. The molecule has 0 bridgehead atoms. The molecule has 1 aromatic heterocycles. The average molecular weight is 494 g/mol. The van der Waals surface area contributed by atoms with E-state index in [9.17, 15) is 4.79 Å². The Morgan fingerprint density at radius 2 is 1.70 bits per heavy atom. The molecule has 37 heavy (non-hydrogen) atoms. The second kappa shape index (κ2) is 11.0. The lowest BCUT2D eigenvalue weighted by molar-refractivity contribution is -0.132. The smallest absolute Gasteiger partial charge is 0.358 e. The Morgan fingerprint density at radius 3 is 2.46 bits per heavy atom. The van der Waals surface area contributed by atoms with Crippen LogP contribution in [-0.4, -0.2) is 36.1 Å². The second-order valence-corrected chi connectivity index (χ2v) is 8.64. The van der Waals surface area contributed by atoms with Gasteiger partial charge in [-0.2, -0.15) is 0 Å². The van der Waals surface area contributed by atoms with E-state index in [1.165, 1.54) is 7.11 Å². The third kappa shape index (κ3) is 5.67. The van der Waals surface area contributed by atoms with Crippen molar-refractivity contribution in [3.63, 3.8) is 0 Å². The van der Waals surface area contributed by atoms with Gasteiger partial charge in [0.05, 0.1) is 25.1 Å². The first-order chi connectivity index (χ1) is 18.1. The number of hydrogen-bond donors (Lipinski definition) is 0. The second-order valence-electron chi connectivity index (χ2n) is 8.64. The molecule has 1 unspecified atom stereocenters. The molecule has 7 heteroatoms. The number of ether oxygens (including phenoxy) is 2. The van der Waals surface area contributed by atoms with Gasteiger partial charge in [0, 0.05) is 18.4 Å². The van der Waals surface area contributed by atoms with Crippen molar-refractivity contribution >= 4 is 17.4 Å². The number of carbonyl (C=O) groups is 1. The molecule has 1 aliphatic heterocycles. The maximum Gasteiger partial charge on any atom is 0.358 e. The molecule has 0 saturated carbocycles. The molecule has 0 radical (unpaired) electrons. The lowest BCUT2D eigenvalue weighted by Crippen LogP contribution is -2.24. The molecule has 0 N–H and O–H groups in total. The van der Waals surface area contributed by atoms with Gasteiger partial charge in [-0.3, -0.25) is 4.99 Å². The van der Waals surface area contributed by atoms with Crippen LogP contribution >= 0.6 is 0 Å². The molecule has 5 rings (SSSR count). The van der Waals surface area contributed by atoms with Crippen LogP contribution in [-0.2, 0) is 22.4 Å². The Kier molecular flexibility index (Phi) is 7.21. The van der Waals surface area contributed by atoms with Crippen LogP contribution in [0.15, 0.2) is 99.3 Å². The molecule has 0 saturated heterocycles. The Morgan fingerprint density at radius 1 is 0.946 bits per heavy atom. The maximum absolute atomic E-state index is 12.4. The fourth-order valence-corrected chi connectivity index (χ4v) is 4.17. The summed E-state index contributed by atoms with van der Waals surface area (Å²) >= 11 is 0. The lowest BCUT2D eigenvalue weighted by atomic mass is 10.0. The SMILES string of the molecule is COC(=O)C1=NC(c2ccccc2)N=C1Cc1cccc(OCCc2nc(-c3ccccc3)oc2C)c1. The van der Waals surface area contributed by atoms with E-state index in [1.54, 1.807) is 0 Å². The number of benzene rings is 3. The van der Waals surface area contributed by atoms with E-state index in [4.69, 9.17) is 18.9 Å². The predicted molar refractivity (Wildman–Crippen MR) is 142 cm³/mol. The highest BCUT2D eigenvalue weighted by Gasteiger charge is 2.28. The van der Waals surface area contributed by atoms with Crippen LogP contribution in [0.2, 0.25) is 0 Å². The van der Waals surface area contributed by atoms with Gasteiger partial charge in [0.1, 0.15) is 11.5 Å². The summed E-state index contributed by atoms with van der Waals surface area (Å²) in [6.45, 7) is 2.37. The Balaban J connectivity index is 1.25. The van der Waals surface area contributed by atoms with Crippen LogP contribution < -0.4 is 4.74 Å². The average Bonchev–Trinajstić information content (AvgIpc) is 3.53. The first-order valence-corrected chi connectivity index (χ1v) is 12.1. The molecule has 0 fully saturated rings. The summed E-state index contributed by atoms with van der Waals surface area (Å²) in [4.78, 5) is 26.3. The molecule has 2 heterocycles. The van der Waals surface area contributed by atoms with Gasteiger partial charge >= 0.3 is 5.97 Å². The number of aliphatic imine (C=N–C) groups is 2. The van der Waals surface area contributed by atoms with Crippen molar-refractivity contribution in [2.45, 2.75) is 25.9 Å². The van der Waals surface area contributed by atoms with Gasteiger partial charge in [-0.05, 0) is 42.3 Å². The van der Waals surface area contributed by atoms with Crippen molar-refractivity contribution < 1.29 is 18.7 Å². The van der Waals surface area contributed by atoms with E-state index in [2.05, 4.69) is 9.98 Å². The first kappa shape index (κ1) is 24.2. The molecule has 1 aliphatic rings. The van der Waals surface area contributed by atoms with E-state index in [0.29, 0.717) is 31.1 Å². The molecule has 0 aliphatic carbocycles. The van der Waals surface area contributed by atoms with E-state index < -0.39 is 12.1 Å². The fourth-order valence-electron chi connectivity index (χ4n) is 4.17. The van der Waals surface area contributed by atoms with E-state index in [-0.39, 0.29) is 5.71 Å². The molecular formula is C30H27N3O4. The third-order valence-electron chi connectivity index (χ3n) is 6.07. The van der Waals surface area contributed by atoms with Crippen LogP contribution in [0.4, 0.5) is 0 Å². The monoisotopic (exact) mass is 493 g/mol. The summed E-state index contributed by atoms with van der Waals surface area (Å²) in [7, 11) is 1.35. The van der Waals surface area contributed by atoms with Crippen LogP contribution in [0.25, 0.3) is 11.5 Å². The van der Waals surface area contributed by atoms with Crippen LogP contribution in [0.5, 0.6) is 5.75 Å². The number of aryl methyl sites for hydroxylation is 1. The summed E-state index contributed by atoms with van der Waals surface area (Å²) in [6.07, 6.45) is 0.616. The number of rotatable bonds is 9. The highest BCUT2D eigenvalue weighted by Crippen LogP contribution is 2.26. The number of aromatic nitrogens is 1. The van der Waals surface area contributed by atoms with Gasteiger partial charge in [0.2, 0.25) is 5.89 Å². The van der Waals surface area contributed by atoms with Gasteiger partial charge in [-0.1, -0.05) is 60.7 Å². The van der Waals surface area contributed by atoms with Crippen molar-refractivity contribution in [3.05, 3.63) is 108 Å². The highest BCUT2D eigenvalue weighted by molar-refractivity contribution is 6.66. The largest absolute Gasteiger partial charge is 0.493 e. The number of oxazole rings is 1. The number of hydrogen-bond acceptors (Lipinski definition) is 7. The first-order valence-electron chi connectivity index (χ1n) is 12.1. The minimum atomic E-state index is -0.484. The number of nitrogens with zero attached hydrogens (tertiary/aromatic N) is 3. The molecule has 0 amide bonds. The van der Waals surface area contributed by atoms with Gasteiger partial charge in [0.15, 0.2) is 11.9 Å². The molecule has 186 valence electrons. The van der Waals surface area contributed by atoms with Crippen LogP contribution in [0.3, 0.4) is 0 Å². The van der Waals surface area contributed by atoms with Gasteiger partial charge in [-0.25, -0.2) is 14.8 Å². The van der Waals surface area contributed by atoms with Crippen molar-refractivity contribution in [1.82, 2.24) is 4.98 Å². The zero-order valence-electron chi connectivity index (χ0n) is 20.8. The maximum atomic E-state index is 12.4. The number of carbonyl (C=O) groups excluding carboxylic acids is 1. The quantitative estimate of drug-likeness (QED) is 0.284. The molecule has 4 aromatic rings. The van der Waals surface area contributed by atoms with E-state index in [0.717, 1.165) is 33.9 Å². The summed E-state index contributed by atoms with van der Waals surface area (Å²) in [5, 5.41) is 0. The summed E-state index contributed by atoms with van der Waals surface area (Å²) in [5.74, 6) is 1.65. The van der Waals surface area contributed by atoms with Crippen molar-refractivity contribution in [2.75, 3.05) is 13.7 Å². The Bertz CT molecular complexity index is 1440. The minimum absolute atomic E-state index is 0.262. The minimum Gasteiger partial charge on any atom is -0.493 e. The number of methoxy groups -OCH3 is 1. The summed E-state index contributed by atoms with van der Waals surface area (Å²) < 4.78 is 16.8. The van der Waals surface area contributed by atoms with Crippen molar-refractivity contribution in [2.24, 2.45) is 9.98 Å². The third-order valence-corrected chi connectivity index (χ3v) is 6.07. The van der Waals surface area contributed by atoms with Gasteiger partial charge < -0.3 is 13.9 Å². The van der Waals surface area contributed by atoms with Crippen molar-refractivity contribution in [3.8, 4) is 17.2 Å². The zero-order chi connectivity index (χ0) is 25.6. The van der Waals surface area contributed by atoms with E-state index in [1.807, 2.05) is 91.9 Å². The molecule has 7 nitrogen and oxygen atoms in total. The van der Waals surface area contributed by atoms with Crippen LogP contribution in [0, 0.1) is 6.92 Å². The molecule has 0 spiro atoms. The molecular weight excluding hydrogens is 466 g/mol. The standard InChI is InChI=1S/C30H27N3O4/c1-20-25(32-29(37-20)23-13-7-4-8-14-23)16-17-36-24-15-9-10-21(18-24)19-26-27(30(34)35-2)33-28(31-26)22-11-5-3-6-12-22/h3-15,18,28H,16-17,19H2,1-2H3. The van der Waals surface area contributed by atoms with Gasteiger partial charge in [0.25, 0.3) is 0 Å². The Hall–Kier alpha value is -4.52. The fraction of sp³-hybridized carbons (Fsp3) is 0.200. The van der Waals surface area contributed by atoms with Crippen molar-refractivity contribution in [1.29, 1.82) is 0 Å². The Labute approximate surface area is 215 Å². The van der Waals surface area contributed by atoms with E-state index >= 15 is 0 Å². The topological polar surface area (TPSA) is 86.3 Å². The predicted octanol–water partition coefficient (Wildman–Crippen LogP) is 5.58. The van der Waals surface area contributed by atoms with Gasteiger partial charge in [-0.15, -0.1) is 0 Å². The van der Waals surface area contributed by atoms with Crippen LogP contribution in [0.1, 0.15) is 28.7 Å². The summed E-state index contributed by atoms with van der Waals surface area (Å²) in [5.41, 5.74) is 4.58. The zero-order valence-corrected chi connectivity index (χ0v) is 20.8.